The van der Waals surface area contributed by atoms with Crippen molar-refractivity contribution >= 4 is 17.7 Å². The molecule has 0 bridgehead atoms. The van der Waals surface area contributed by atoms with Gasteiger partial charge in [-0.25, -0.2) is 0 Å². The molecule has 40 valence electrons. The molecule has 0 aromatic heterocycles. The molecule has 5 nitrogen and oxygen atoms in total. The fourth-order valence-electron chi connectivity index (χ4n) is 0. The third-order valence-corrected chi connectivity index (χ3v) is 0. The minimum absolute atomic E-state index is 0.750. The first kappa shape index (κ1) is 9.52. The molecule has 0 aliphatic carbocycles. The van der Waals surface area contributed by atoms with E-state index in [1.54, 1.807) is 0 Å². The number of hydrogen-bond donors (Lipinski definition) is 0. The van der Waals surface area contributed by atoms with Gasteiger partial charge in [-0.05, 0) is 6.16 Å². The number of carbonyl (C=O) groups is 1. The average Bonchev–Trinajstić information content (AvgIpc) is 1.33. The zero-order valence-electron chi connectivity index (χ0n) is 2.95. The Labute approximate surface area is 42.2 Å². The second-order valence-electron chi connectivity index (χ2n) is 0.318. The summed E-state index contributed by atoms with van der Waals surface area (Å²) < 4.78 is 16.6. The van der Waals surface area contributed by atoms with Crippen molar-refractivity contribution in [3.05, 3.63) is 0 Å². The summed E-state index contributed by atoms with van der Waals surface area (Å²) in [5.74, 6) is 0. The molecule has 0 rings (SSSR count). The summed E-state index contributed by atoms with van der Waals surface area (Å²) in [6.07, 6.45) is -2.33. The standard InChI is InChI=1S/CH2O3.O2S/c2-1(3)4;1-3-2/h(H2,2,3,4);/q;+2/p-2. The van der Waals surface area contributed by atoms with Gasteiger partial charge >= 0.3 is 20.0 Å². The molecule has 0 aromatic rings. The van der Waals surface area contributed by atoms with E-state index in [1.165, 1.54) is 0 Å². The summed E-state index contributed by atoms with van der Waals surface area (Å²) in [7, 11) is 0. The molecule has 0 aliphatic heterocycles. The van der Waals surface area contributed by atoms with E-state index in [0.717, 1.165) is 0 Å². The van der Waals surface area contributed by atoms with Crippen LogP contribution in [-0.2, 0) is 20.0 Å². The Morgan fingerprint density at radius 2 is 1.29 bits per heavy atom. The summed E-state index contributed by atoms with van der Waals surface area (Å²) in [6.45, 7) is 0. The molecule has 0 atom stereocenters. The predicted octanol–water partition coefficient (Wildman–Crippen LogP) is -2.69. The first-order valence-electron chi connectivity index (χ1n) is 0.946. The monoisotopic (exact) mass is 124 g/mol. The molecule has 0 saturated carbocycles. The van der Waals surface area contributed by atoms with E-state index in [4.69, 9.17) is 23.4 Å². The van der Waals surface area contributed by atoms with Gasteiger partial charge in [0.05, 0.1) is 0 Å². The van der Waals surface area contributed by atoms with E-state index in [9.17, 15) is 0 Å². The van der Waals surface area contributed by atoms with Crippen LogP contribution in [0.2, 0.25) is 0 Å². The zero-order valence-corrected chi connectivity index (χ0v) is 3.77. The molecule has 0 heterocycles. The van der Waals surface area contributed by atoms with Crippen LogP contribution in [0.15, 0.2) is 0 Å². The quantitative estimate of drug-likeness (QED) is 0.350. The molecule has 0 saturated heterocycles. The number of rotatable bonds is 0. The van der Waals surface area contributed by atoms with Crippen LogP contribution in [0.3, 0.4) is 0 Å². The van der Waals surface area contributed by atoms with Gasteiger partial charge in [0.2, 0.25) is 0 Å². The normalized spacial score (nSPS) is 4.57. The fraction of sp³-hybridized carbons (Fsp3) is 0. The molecule has 7 heavy (non-hydrogen) atoms. The summed E-state index contributed by atoms with van der Waals surface area (Å²) in [6, 6.07) is 0. The van der Waals surface area contributed by atoms with Crippen LogP contribution in [0.1, 0.15) is 0 Å². The van der Waals surface area contributed by atoms with Crippen molar-refractivity contribution in [1.82, 2.24) is 0 Å². The maximum absolute atomic E-state index is 8.33. The zero-order chi connectivity index (χ0) is 6.28. The molecule has 0 aliphatic rings. The molecule has 0 N–H and O–H groups in total. The van der Waals surface area contributed by atoms with Gasteiger partial charge in [-0.15, -0.1) is 0 Å². The Balaban J connectivity index is 0. The SMILES string of the molecule is O=C([O-])[O-].O=[S+2]=O. The first-order valence-corrected chi connectivity index (χ1v) is 1.61. The third-order valence-electron chi connectivity index (χ3n) is 0. The van der Waals surface area contributed by atoms with Gasteiger partial charge in [-0.3, -0.25) is 0 Å². The number of carboxylic acid groups (broad SMARTS) is 2. The Morgan fingerprint density at radius 1 is 1.29 bits per heavy atom. The molecule has 0 spiro atoms. The van der Waals surface area contributed by atoms with E-state index < -0.39 is 17.7 Å². The Kier molecular flexibility index (Phi) is 12.2. The van der Waals surface area contributed by atoms with E-state index in [2.05, 4.69) is 0 Å². The van der Waals surface area contributed by atoms with E-state index in [-0.39, 0.29) is 0 Å². The van der Waals surface area contributed by atoms with Gasteiger partial charge in [0.1, 0.15) is 0 Å². The van der Waals surface area contributed by atoms with Crippen molar-refractivity contribution in [2.75, 3.05) is 0 Å². The van der Waals surface area contributed by atoms with Gasteiger partial charge in [-0.2, -0.15) is 0 Å². The fourth-order valence-corrected chi connectivity index (χ4v) is 0. The molecule has 0 amide bonds. The predicted molar refractivity (Wildman–Crippen MR) is 14.1 cm³/mol. The van der Waals surface area contributed by atoms with Crippen molar-refractivity contribution in [3.8, 4) is 0 Å². The summed E-state index contributed by atoms with van der Waals surface area (Å²) in [5, 5.41) is 16.7. The molecular weight excluding hydrogens is 124 g/mol. The van der Waals surface area contributed by atoms with Crippen LogP contribution in [0.25, 0.3) is 0 Å². The maximum atomic E-state index is 8.33. The molecule has 0 aromatic carbocycles. The van der Waals surface area contributed by atoms with Crippen molar-refractivity contribution < 1.29 is 23.4 Å². The Morgan fingerprint density at radius 3 is 1.29 bits per heavy atom. The van der Waals surface area contributed by atoms with Crippen molar-refractivity contribution in [2.45, 2.75) is 0 Å². The van der Waals surface area contributed by atoms with Crippen LogP contribution in [0, 0.1) is 0 Å². The summed E-state index contributed by atoms with van der Waals surface area (Å²) in [4.78, 5) is 8.33. The molecule has 6 heteroatoms. The van der Waals surface area contributed by atoms with Crippen molar-refractivity contribution in [3.63, 3.8) is 0 Å². The molecular formula is CO5S. The van der Waals surface area contributed by atoms with Crippen LogP contribution >= 0.6 is 0 Å². The van der Waals surface area contributed by atoms with E-state index in [0.29, 0.717) is 0 Å². The molecule has 0 fully saturated rings. The van der Waals surface area contributed by atoms with Crippen LogP contribution in [0.4, 0.5) is 4.79 Å². The molecule has 0 unspecified atom stereocenters. The molecule has 0 radical (unpaired) electrons. The van der Waals surface area contributed by atoms with Gasteiger partial charge in [-0.1, -0.05) is 0 Å². The third kappa shape index (κ3) is 89.0. The van der Waals surface area contributed by atoms with E-state index in [1.807, 2.05) is 0 Å². The van der Waals surface area contributed by atoms with Crippen molar-refractivity contribution in [2.24, 2.45) is 0 Å². The topological polar surface area (TPSA) is 97.3 Å². The minimum atomic E-state index is -2.33. The summed E-state index contributed by atoms with van der Waals surface area (Å²) in [5.41, 5.74) is 0. The van der Waals surface area contributed by atoms with Gasteiger partial charge in [0.15, 0.2) is 0 Å². The Hall–Kier alpha value is -0.780. The number of hydrogen-bond acceptors (Lipinski definition) is 5. The second-order valence-corrected chi connectivity index (χ2v) is 0.454. The Bertz CT molecular complexity index is 76.1. The van der Waals surface area contributed by atoms with Gasteiger partial charge < -0.3 is 15.0 Å². The number of carbonyl (C=O) groups excluding carboxylic acids is 1. The second kappa shape index (κ2) is 8.97. The van der Waals surface area contributed by atoms with E-state index >= 15 is 0 Å². The summed E-state index contributed by atoms with van der Waals surface area (Å²) >= 11 is -0.750. The van der Waals surface area contributed by atoms with Crippen LogP contribution in [0.5, 0.6) is 0 Å². The van der Waals surface area contributed by atoms with Crippen LogP contribution < -0.4 is 10.2 Å². The first-order chi connectivity index (χ1) is 3.15. The average molecular weight is 124 g/mol. The van der Waals surface area contributed by atoms with Gasteiger partial charge in [0.25, 0.3) is 0 Å². The van der Waals surface area contributed by atoms with Crippen molar-refractivity contribution in [1.29, 1.82) is 0 Å². The van der Waals surface area contributed by atoms with Crippen LogP contribution in [-0.4, -0.2) is 6.16 Å². The van der Waals surface area contributed by atoms with Gasteiger partial charge in [0, 0.05) is 0 Å².